The van der Waals surface area contributed by atoms with Gasteiger partial charge in [0.1, 0.15) is 0 Å². The number of aryl methyl sites for hydroxylation is 2. The third-order valence-corrected chi connectivity index (χ3v) is 4.10. The van der Waals surface area contributed by atoms with Crippen LogP contribution in [-0.4, -0.2) is 49.4 Å². The number of nitrogens with one attached hydrogen (secondary N) is 2. The van der Waals surface area contributed by atoms with Crippen molar-refractivity contribution in [2.24, 2.45) is 0 Å². The standard InChI is InChI=1S/C19H31N3O2/c1-15(2)22(4)13-5-12-20-19(24)14-21-18(23)11-10-17-8-6-16(3)7-9-17/h6-9,15H,5,10-14H2,1-4H3,(H,20,24)(H,21,23). The molecule has 1 aromatic rings. The fourth-order valence-electron chi connectivity index (χ4n) is 2.16. The van der Waals surface area contributed by atoms with E-state index in [9.17, 15) is 9.59 Å². The van der Waals surface area contributed by atoms with Crippen LogP contribution in [0, 0.1) is 6.92 Å². The van der Waals surface area contributed by atoms with Crippen LogP contribution in [0.4, 0.5) is 0 Å². The Labute approximate surface area is 145 Å². The van der Waals surface area contributed by atoms with Crippen molar-refractivity contribution in [1.29, 1.82) is 0 Å². The molecule has 0 atom stereocenters. The first kappa shape index (κ1) is 20.2. The molecule has 0 aliphatic carbocycles. The minimum Gasteiger partial charge on any atom is -0.355 e. The highest BCUT2D eigenvalue weighted by molar-refractivity contribution is 5.84. The van der Waals surface area contributed by atoms with Crippen LogP contribution < -0.4 is 10.6 Å². The average molecular weight is 333 g/mol. The van der Waals surface area contributed by atoms with Crippen molar-refractivity contribution in [2.75, 3.05) is 26.7 Å². The average Bonchev–Trinajstić information content (AvgIpc) is 2.56. The summed E-state index contributed by atoms with van der Waals surface area (Å²) in [4.78, 5) is 25.7. The molecule has 0 saturated heterocycles. The highest BCUT2D eigenvalue weighted by atomic mass is 16.2. The summed E-state index contributed by atoms with van der Waals surface area (Å²) in [5.74, 6) is -0.226. The molecule has 5 nitrogen and oxygen atoms in total. The number of nitrogens with zero attached hydrogens (tertiary/aromatic N) is 1. The van der Waals surface area contributed by atoms with Crippen molar-refractivity contribution in [1.82, 2.24) is 15.5 Å². The number of benzene rings is 1. The molecule has 2 N–H and O–H groups in total. The van der Waals surface area contributed by atoms with Gasteiger partial charge in [0, 0.05) is 19.0 Å². The number of carbonyl (C=O) groups is 2. The highest BCUT2D eigenvalue weighted by Gasteiger charge is 2.06. The Bertz CT molecular complexity index is 512. The molecule has 0 unspecified atom stereocenters. The van der Waals surface area contributed by atoms with Gasteiger partial charge >= 0.3 is 0 Å². The van der Waals surface area contributed by atoms with Gasteiger partial charge in [0.05, 0.1) is 6.54 Å². The monoisotopic (exact) mass is 333 g/mol. The number of hydrogen-bond acceptors (Lipinski definition) is 3. The summed E-state index contributed by atoms with van der Waals surface area (Å²) in [6.45, 7) is 7.95. The molecule has 2 amide bonds. The number of rotatable bonds is 10. The lowest BCUT2D eigenvalue weighted by Gasteiger charge is -2.20. The first-order chi connectivity index (χ1) is 11.4. The third-order valence-electron chi connectivity index (χ3n) is 4.10. The molecule has 134 valence electrons. The molecule has 0 spiro atoms. The van der Waals surface area contributed by atoms with Crippen molar-refractivity contribution in [3.8, 4) is 0 Å². The molecule has 1 aromatic carbocycles. The van der Waals surface area contributed by atoms with E-state index in [1.54, 1.807) is 0 Å². The number of carbonyl (C=O) groups excluding carboxylic acids is 2. The Morgan fingerprint density at radius 3 is 2.38 bits per heavy atom. The highest BCUT2D eigenvalue weighted by Crippen LogP contribution is 2.05. The van der Waals surface area contributed by atoms with E-state index in [-0.39, 0.29) is 18.4 Å². The van der Waals surface area contributed by atoms with Crippen LogP contribution in [0.3, 0.4) is 0 Å². The first-order valence-corrected chi connectivity index (χ1v) is 8.67. The molecule has 1 rings (SSSR count). The number of amides is 2. The predicted molar refractivity (Wildman–Crippen MR) is 97.9 cm³/mol. The predicted octanol–water partition coefficient (Wildman–Crippen LogP) is 1.89. The molecule has 0 bridgehead atoms. The second-order valence-electron chi connectivity index (χ2n) is 6.54. The molecule has 0 radical (unpaired) electrons. The molecule has 0 aliphatic rings. The lowest BCUT2D eigenvalue weighted by molar-refractivity contribution is -0.126. The fourth-order valence-corrected chi connectivity index (χ4v) is 2.16. The maximum atomic E-state index is 11.8. The Morgan fingerprint density at radius 2 is 1.75 bits per heavy atom. The van der Waals surface area contributed by atoms with Gasteiger partial charge in [-0.3, -0.25) is 9.59 Å². The Balaban J connectivity index is 2.10. The smallest absolute Gasteiger partial charge is 0.239 e. The van der Waals surface area contributed by atoms with Crippen LogP contribution in [0.1, 0.15) is 37.8 Å². The minimum absolute atomic E-state index is 0.0484. The van der Waals surface area contributed by atoms with Crippen LogP contribution in [0.25, 0.3) is 0 Å². The van der Waals surface area contributed by atoms with E-state index < -0.39 is 0 Å². The summed E-state index contributed by atoms with van der Waals surface area (Å²) < 4.78 is 0. The third kappa shape index (κ3) is 8.67. The first-order valence-electron chi connectivity index (χ1n) is 8.67. The van der Waals surface area contributed by atoms with E-state index in [0.29, 0.717) is 25.4 Å². The zero-order chi connectivity index (χ0) is 17.9. The van der Waals surface area contributed by atoms with E-state index in [4.69, 9.17) is 0 Å². The Hall–Kier alpha value is -1.88. The van der Waals surface area contributed by atoms with Crippen molar-refractivity contribution in [2.45, 2.75) is 46.1 Å². The van der Waals surface area contributed by atoms with Gasteiger partial charge in [-0.05, 0) is 52.8 Å². The second-order valence-corrected chi connectivity index (χ2v) is 6.54. The van der Waals surface area contributed by atoms with E-state index in [2.05, 4.69) is 36.4 Å². The van der Waals surface area contributed by atoms with Crippen LogP contribution in [-0.2, 0) is 16.0 Å². The molecular formula is C19H31N3O2. The minimum atomic E-state index is -0.133. The zero-order valence-electron chi connectivity index (χ0n) is 15.4. The van der Waals surface area contributed by atoms with Crippen LogP contribution in [0.15, 0.2) is 24.3 Å². The zero-order valence-corrected chi connectivity index (χ0v) is 15.4. The molecule has 0 heterocycles. The van der Waals surface area contributed by atoms with Crippen LogP contribution in [0.2, 0.25) is 0 Å². The van der Waals surface area contributed by atoms with E-state index in [1.807, 2.05) is 31.2 Å². The summed E-state index contributed by atoms with van der Waals surface area (Å²) in [5, 5.41) is 5.50. The van der Waals surface area contributed by atoms with Gasteiger partial charge in [-0.25, -0.2) is 0 Å². The summed E-state index contributed by atoms with van der Waals surface area (Å²) >= 11 is 0. The molecule has 0 aromatic heterocycles. The van der Waals surface area contributed by atoms with Gasteiger partial charge in [0.15, 0.2) is 0 Å². The normalized spacial score (nSPS) is 10.9. The van der Waals surface area contributed by atoms with Gasteiger partial charge in [-0.1, -0.05) is 29.8 Å². The topological polar surface area (TPSA) is 61.4 Å². The summed E-state index contributed by atoms with van der Waals surface area (Å²) in [7, 11) is 2.07. The maximum Gasteiger partial charge on any atom is 0.239 e. The summed E-state index contributed by atoms with van der Waals surface area (Å²) in [6, 6.07) is 8.65. The molecular weight excluding hydrogens is 302 g/mol. The molecule has 0 saturated carbocycles. The quantitative estimate of drug-likeness (QED) is 0.643. The van der Waals surface area contributed by atoms with Crippen LogP contribution >= 0.6 is 0 Å². The second kappa shape index (κ2) is 10.8. The van der Waals surface area contributed by atoms with Crippen molar-refractivity contribution < 1.29 is 9.59 Å². The lowest BCUT2D eigenvalue weighted by Crippen LogP contribution is -2.38. The van der Waals surface area contributed by atoms with Crippen LogP contribution in [0.5, 0.6) is 0 Å². The van der Waals surface area contributed by atoms with Gasteiger partial charge in [-0.15, -0.1) is 0 Å². The molecule has 24 heavy (non-hydrogen) atoms. The van der Waals surface area contributed by atoms with E-state index in [0.717, 1.165) is 18.5 Å². The van der Waals surface area contributed by atoms with Crippen molar-refractivity contribution in [3.63, 3.8) is 0 Å². The Morgan fingerprint density at radius 1 is 1.08 bits per heavy atom. The van der Waals surface area contributed by atoms with Crippen molar-refractivity contribution >= 4 is 11.8 Å². The fraction of sp³-hybridized carbons (Fsp3) is 0.579. The lowest BCUT2D eigenvalue weighted by atomic mass is 10.1. The maximum absolute atomic E-state index is 11.8. The van der Waals surface area contributed by atoms with E-state index >= 15 is 0 Å². The molecule has 5 heteroatoms. The van der Waals surface area contributed by atoms with E-state index in [1.165, 1.54) is 5.56 Å². The van der Waals surface area contributed by atoms with Gasteiger partial charge in [-0.2, -0.15) is 0 Å². The van der Waals surface area contributed by atoms with Gasteiger partial charge < -0.3 is 15.5 Å². The number of hydrogen-bond donors (Lipinski definition) is 2. The van der Waals surface area contributed by atoms with Crippen molar-refractivity contribution in [3.05, 3.63) is 35.4 Å². The molecule has 0 aliphatic heterocycles. The van der Waals surface area contributed by atoms with Gasteiger partial charge in [0.25, 0.3) is 0 Å². The SMILES string of the molecule is Cc1ccc(CCC(=O)NCC(=O)NCCCN(C)C(C)C)cc1. The largest absolute Gasteiger partial charge is 0.355 e. The summed E-state index contributed by atoms with van der Waals surface area (Å²) in [6.07, 6.45) is 1.99. The summed E-state index contributed by atoms with van der Waals surface area (Å²) in [5.41, 5.74) is 2.34. The van der Waals surface area contributed by atoms with Gasteiger partial charge in [0.2, 0.25) is 11.8 Å². The Kier molecular flexibility index (Phi) is 9.08. The molecule has 0 fully saturated rings.